The van der Waals surface area contributed by atoms with Crippen LogP contribution in [0.25, 0.3) is 0 Å². The Hall–Kier alpha value is -2.37. The molecule has 1 unspecified atom stereocenters. The molecule has 0 aliphatic rings. The van der Waals surface area contributed by atoms with Crippen molar-refractivity contribution in [1.29, 1.82) is 0 Å². The quantitative estimate of drug-likeness (QED) is 0.0277. The topological polar surface area (TPSA) is 78.9 Å². The van der Waals surface area contributed by atoms with Crippen LogP contribution in [0.3, 0.4) is 0 Å². The lowest BCUT2D eigenvalue weighted by molar-refractivity contribution is -0.167. The van der Waals surface area contributed by atoms with Crippen molar-refractivity contribution in [2.75, 3.05) is 13.2 Å². The molecular formula is C44H78O6. The largest absolute Gasteiger partial charge is 0.462 e. The normalized spacial score (nSPS) is 12.3. The lowest BCUT2D eigenvalue weighted by Gasteiger charge is -2.18. The minimum Gasteiger partial charge on any atom is -0.462 e. The molecular weight excluding hydrogens is 624 g/mol. The van der Waals surface area contributed by atoms with Crippen LogP contribution in [0.5, 0.6) is 0 Å². The molecule has 0 radical (unpaired) electrons. The third-order valence-corrected chi connectivity index (χ3v) is 8.88. The van der Waals surface area contributed by atoms with Gasteiger partial charge in [-0.15, -0.1) is 0 Å². The molecule has 0 saturated carbocycles. The van der Waals surface area contributed by atoms with Gasteiger partial charge < -0.3 is 14.2 Å². The van der Waals surface area contributed by atoms with Gasteiger partial charge in [0.25, 0.3) is 0 Å². The fourth-order valence-electron chi connectivity index (χ4n) is 5.72. The van der Waals surface area contributed by atoms with Crippen molar-refractivity contribution in [2.24, 2.45) is 0 Å². The Labute approximate surface area is 308 Å². The molecule has 0 aliphatic carbocycles. The molecule has 0 aromatic rings. The number of hydrogen-bond acceptors (Lipinski definition) is 6. The summed E-state index contributed by atoms with van der Waals surface area (Å²) in [5, 5.41) is 0. The zero-order chi connectivity index (χ0) is 36.6. The number of allylic oxidation sites excluding steroid dienone is 6. The maximum absolute atomic E-state index is 12.6. The molecule has 0 bridgehead atoms. The molecule has 0 N–H and O–H groups in total. The average molecular weight is 703 g/mol. The number of ether oxygens (including phenoxy) is 3. The summed E-state index contributed by atoms with van der Waals surface area (Å²) < 4.78 is 16.6. The molecule has 0 saturated heterocycles. The van der Waals surface area contributed by atoms with Crippen LogP contribution >= 0.6 is 0 Å². The maximum atomic E-state index is 12.6. The standard InChI is InChI=1S/C44H78O6/c1-4-7-10-13-16-19-20-21-22-23-26-28-31-34-37-43(46)49-40-41(50-44(47)38-35-32-29-25-18-15-12-9-6-3)39-48-42(45)36-33-30-27-24-17-14-11-8-5-2/h7,10,16,19,25,29,41H,4-6,8-9,11-15,17-18,20-24,26-28,30-40H2,1-3H3/b10-7-,19-16-,29-25-. The molecule has 6 heteroatoms. The van der Waals surface area contributed by atoms with E-state index in [9.17, 15) is 14.4 Å². The van der Waals surface area contributed by atoms with Crippen LogP contribution in [-0.4, -0.2) is 37.2 Å². The lowest BCUT2D eigenvalue weighted by atomic mass is 10.1. The first-order valence-electron chi connectivity index (χ1n) is 21.0. The lowest BCUT2D eigenvalue weighted by Crippen LogP contribution is -2.30. The molecule has 50 heavy (non-hydrogen) atoms. The number of carbonyl (C=O) groups excluding carboxylic acids is 3. The van der Waals surface area contributed by atoms with Gasteiger partial charge in [0, 0.05) is 19.3 Å². The third-order valence-electron chi connectivity index (χ3n) is 8.88. The minimum absolute atomic E-state index is 0.0847. The Morgan fingerprint density at radius 1 is 0.420 bits per heavy atom. The van der Waals surface area contributed by atoms with E-state index in [2.05, 4.69) is 57.2 Å². The van der Waals surface area contributed by atoms with Crippen molar-refractivity contribution in [3.8, 4) is 0 Å². The van der Waals surface area contributed by atoms with Crippen LogP contribution in [0.2, 0.25) is 0 Å². The van der Waals surface area contributed by atoms with Crippen LogP contribution in [0.1, 0.15) is 207 Å². The van der Waals surface area contributed by atoms with E-state index in [0.29, 0.717) is 19.3 Å². The SMILES string of the molecule is CC/C=C\C/C=C\CCCCCCCCCC(=O)OCC(COC(=O)CCCCCCCCCCC)OC(=O)CCC/C=C\CCCCCC. The third kappa shape index (κ3) is 36.9. The second-order valence-corrected chi connectivity index (χ2v) is 13.9. The number of carbonyl (C=O) groups is 3. The van der Waals surface area contributed by atoms with Gasteiger partial charge in [0.05, 0.1) is 0 Å². The van der Waals surface area contributed by atoms with Crippen molar-refractivity contribution in [2.45, 2.75) is 213 Å². The van der Waals surface area contributed by atoms with Crippen molar-refractivity contribution in [1.82, 2.24) is 0 Å². The van der Waals surface area contributed by atoms with Crippen LogP contribution < -0.4 is 0 Å². The summed E-state index contributed by atoms with van der Waals surface area (Å²) in [6, 6.07) is 0. The van der Waals surface area contributed by atoms with E-state index in [-0.39, 0.29) is 37.5 Å². The monoisotopic (exact) mass is 703 g/mol. The van der Waals surface area contributed by atoms with E-state index < -0.39 is 6.10 Å². The Bertz CT molecular complexity index is 861. The fraction of sp³-hybridized carbons (Fsp3) is 0.795. The Morgan fingerprint density at radius 2 is 0.800 bits per heavy atom. The molecule has 0 aliphatic heterocycles. The summed E-state index contributed by atoms with van der Waals surface area (Å²) in [6.07, 6.45) is 42.8. The highest BCUT2D eigenvalue weighted by atomic mass is 16.6. The molecule has 1 atom stereocenters. The molecule has 0 heterocycles. The number of hydrogen-bond donors (Lipinski definition) is 0. The van der Waals surface area contributed by atoms with Gasteiger partial charge in [0.1, 0.15) is 13.2 Å². The van der Waals surface area contributed by atoms with Gasteiger partial charge in [-0.3, -0.25) is 14.4 Å². The smallest absolute Gasteiger partial charge is 0.306 e. The average Bonchev–Trinajstić information content (AvgIpc) is 3.11. The number of rotatable bonds is 37. The predicted molar refractivity (Wildman–Crippen MR) is 210 cm³/mol. The Morgan fingerprint density at radius 3 is 1.30 bits per heavy atom. The Balaban J connectivity index is 4.36. The zero-order valence-corrected chi connectivity index (χ0v) is 32.9. The van der Waals surface area contributed by atoms with Gasteiger partial charge in [0.2, 0.25) is 0 Å². The predicted octanol–water partition coefficient (Wildman–Crippen LogP) is 13.0. The maximum Gasteiger partial charge on any atom is 0.306 e. The molecule has 0 amide bonds. The first-order valence-corrected chi connectivity index (χ1v) is 21.0. The molecule has 290 valence electrons. The van der Waals surface area contributed by atoms with Crippen LogP contribution in [0, 0.1) is 0 Å². The van der Waals surface area contributed by atoms with Crippen molar-refractivity contribution in [3.63, 3.8) is 0 Å². The van der Waals surface area contributed by atoms with E-state index in [1.54, 1.807) is 0 Å². The highest BCUT2D eigenvalue weighted by molar-refractivity contribution is 5.71. The van der Waals surface area contributed by atoms with Crippen molar-refractivity contribution in [3.05, 3.63) is 36.5 Å². The van der Waals surface area contributed by atoms with Crippen molar-refractivity contribution < 1.29 is 28.6 Å². The summed E-state index contributed by atoms with van der Waals surface area (Å²) >= 11 is 0. The highest BCUT2D eigenvalue weighted by Gasteiger charge is 2.19. The summed E-state index contributed by atoms with van der Waals surface area (Å²) in [5.41, 5.74) is 0. The summed E-state index contributed by atoms with van der Waals surface area (Å²) in [4.78, 5) is 37.5. The first-order chi connectivity index (χ1) is 24.5. The second kappa shape index (κ2) is 39.4. The van der Waals surface area contributed by atoms with E-state index >= 15 is 0 Å². The van der Waals surface area contributed by atoms with Gasteiger partial charge in [-0.25, -0.2) is 0 Å². The first kappa shape index (κ1) is 47.6. The zero-order valence-electron chi connectivity index (χ0n) is 32.9. The van der Waals surface area contributed by atoms with Gasteiger partial charge in [0.15, 0.2) is 6.10 Å². The fourth-order valence-corrected chi connectivity index (χ4v) is 5.72. The van der Waals surface area contributed by atoms with E-state index in [4.69, 9.17) is 14.2 Å². The van der Waals surface area contributed by atoms with Gasteiger partial charge >= 0.3 is 17.9 Å². The van der Waals surface area contributed by atoms with Crippen molar-refractivity contribution >= 4 is 17.9 Å². The summed E-state index contributed by atoms with van der Waals surface area (Å²) in [5.74, 6) is -0.935. The molecule has 0 aromatic carbocycles. The molecule has 6 nitrogen and oxygen atoms in total. The summed E-state index contributed by atoms with van der Waals surface area (Å²) in [7, 11) is 0. The Kier molecular flexibility index (Phi) is 37.5. The van der Waals surface area contributed by atoms with E-state index in [0.717, 1.165) is 70.6 Å². The highest BCUT2D eigenvalue weighted by Crippen LogP contribution is 2.13. The molecule has 0 spiro atoms. The van der Waals surface area contributed by atoms with Gasteiger partial charge in [-0.05, 0) is 64.2 Å². The number of esters is 3. The van der Waals surface area contributed by atoms with Crippen LogP contribution in [-0.2, 0) is 28.6 Å². The molecule has 0 aromatic heterocycles. The van der Waals surface area contributed by atoms with Gasteiger partial charge in [-0.2, -0.15) is 0 Å². The van der Waals surface area contributed by atoms with Crippen LogP contribution in [0.15, 0.2) is 36.5 Å². The summed E-state index contributed by atoms with van der Waals surface area (Å²) in [6.45, 7) is 6.43. The second-order valence-electron chi connectivity index (χ2n) is 13.9. The van der Waals surface area contributed by atoms with E-state index in [1.165, 1.54) is 89.9 Å². The molecule has 0 rings (SSSR count). The number of unbranched alkanes of at least 4 members (excludes halogenated alkanes) is 20. The molecule has 0 fully saturated rings. The van der Waals surface area contributed by atoms with E-state index in [1.807, 2.05) is 0 Å². The minimum atomic E-state index is -0.782. The van der Waals surface area contributed by atoms with Crippen LogP contribution in [0.4, 0.5) is 0 Å². The van der Waals surface area contributed by atoms with Gasteiger partial charge in [-0.1, -0.05) is 160 Å².